The SMILES string of the molecule is CCOC(=O)[C@H]1CCCN(C(=O)C2=NNC(=O)CC2)C1. The number of esters is 1. The number of likely N-dealkylation sites (tertiary alicyclic amines) is 1. The zero-order chi connectivity index (χ0) is 14.5. The molecule has 0 unspecified atom stereocenters. The Balaban J connectivity index is 1.96. The Kier molecular flexibility index (Phi) is 4.70. The van der Waals surface area contributed by atoms with Gasteiger partial charge >= 0.3 is 5.97 Å². The Morgan fingerprint density at radius 3 is 2.90 bits per heavy atom. The molecule has 0 saturated carbocycles. The Hall–Kier alpha value is -1.92. The molecule has 7 nitrogen and oxygen atoms in total. The van der Waals surface area contributed by atoms with Crippen molar-refractivity contribution in [2.24, 2.45) is 11.0 Å². The molecule has 2 heterocycles. The fourth-order valence-corrected chi connectivity index (χ4v) is 2.42. The van der Waals surface area contributed by atoms with Crippen molar-refractivity contribution in [2.75, 3.05) is 19.7 Å². The van der Waals surface area contributed by atoms with Crippen LogP contribution in [-0.2, 0) is 19.1 Å². The Morgan fingerprint density at radius 2 is 2.25 bits per heavy atom. The number of hydrogen-bond donors (Lipinski definition) is 1. The highest BCUT2D eigenvalue weighted by Crippen LogP contribution is 2.19. The summed E-state index contributed by atoms with van der Waals surface area (Å²) in [7, 11) is 0. The fraction of sp³-hybridized carbons (Fsp3) is 0.692. The van der Waals surface area contributed by atoms with Crippen molar-refractivity contribution in [2.45, 2.75) is 32.6 Å². The number of nitrogens with one attached hydrogen (secondary N) is 1. The van der Waals surface area contributed by atoms with E-state index in [-0.39, 0.29) is 30.1 Å². The topological polar surface area (TPSA) is 88.1 Å². The van der Waals surface area contributed by atoms with E-state index >= 15 is 0 Å². The van der Waals surface area contributed by atoms with Crippen LogP contribution in [0.2, 0.25) is 0 Å². The van der Waals surface area contributed by atoms with Gasteiger partial charge in [0.15, 0.2) is 0 Å². The number of ether oxygens (including phenoxy) is 1. The molecule has 0 aromatic carbocycles. The van der Waals surface area contributed by atoms with Crippen molar-refractivity contribution in [1.82, 2.24) is 10.3 Å². The predicted octanol–water partition coefficient (Wildman–Crippen LogP) is 0.0541. The molecule has 2 amide bonds. The zero-order valence-electron chi connectivity index (χ0n) is 11.6. The van der Waals surface area contributed by atoms with Crippen LogP contribution in [0.3, 0.4) is 0 Å². The summed E-state index contributed by atoms with van der Waals surface area (Å²) in [5.41, 5.74) is 2.67. The molecule has 1 atom stereocenters. The molecular weight excluding hydrogens is 262 g/mol. The second-order valence-electron chi connectivity index (χ2n) is 4.94. The summed E-state index contributed by atoms with van der Waals surface area (Å²) in [4.78, 5) is 36.7. The van der Waals surface area contributed by atoms with Gasteiger partial charge in [-0.3, -0.25) is 14.4 Å². The van der Waals surface area contributed by atoms with Crippen LogP contribution in [-0.4, -0.2) is 48.1 Å². The Bertz CT molecular complexity index is 447. The molecule has 0 radical (unpaired) electrons. The minimum Gasteiger partial charge on any atom is -0.466 e. The van der Waals surface area contributed by atoms with Crippen LogP contribution in [0.1, 0.15) is 32.6 Å². The van der Waals surface area contributed by atoms with Gasteiger partial charge in [0.1, 0.15) is 5.71 Å². The first-order valence-corrected chi connectivity index (χ1v) is 6.93. The van der Waals surface area contributed by atoms with E-state index < -0.39 is 0 Å². The van der Waals surface area contributed by atoms with Crippen molar-refractivity contribution in [1.29, 1.82) is 0 Å². The summed E-state index contributed by atoms with van der Waals surface area (Å²) in [5, 5.41) is 3.80. The van der Waals surface area contributed by atoms with E-state index in [0.29, 0.717) is 31.8 Å². The number of nitrogens with zero attached hydrogens (tertiary/aromatic N) is 2. The largest absolute Gasteiger partial charge is 0.466 e. The van der Waals surface area contributed by atoms with E-state index in [1.165, 1.54) is 0 Å². The standard InChI is InChI=1S/C13H19N3O4/c1-2-20-13(19)9-4-3-7-16(8-9)12(18)10-5-6-11(17)15-14-10/h9H,2-8H2,1H3,(H,15,17)/t9-/m0/s1. The number of carbonyl (C=O) groups excluding carboxylic acids is 3. The van der Waals surface area contributed by atoms with Gasteiger partial charge in [0, 0.05) is 25.9 Å². The van der Waals surface area contributed by atoms with Gasteiger partial charge in [-0.15, -0.1) is 0 Å². The van der Waals surface area contributed by atoms with E-state index in [1.807, 2.05) is 0 Å². The third kappa shape index (κ3) is 3.34. The zero-order valence-corrected chi connectivity index (χ0v) is 11.6. The Labute approximate surface area is 117 Å². The van der Waals surface area contributed by atoms with Crippen LogP contribution >= 0.6 is 0 Å². The van der Waals surface area contributed by atoms with Crippen LogP contribution in [0, 0.1) is 5.92 Å². The number of amides is 2. The van der Waals surface area contributed by atoms with Gasteiger partial charge in [-0.25, -0.2) is 5.43 Å². The third-order valence-corrected chi connectivity index (χ3v) is 3.48. The summed E-state index contributed by atoms with van der Waals surface area (Å²) in [6.07, 6.45) is 2.14. The van der Waals surface area contributed by atoms with Gasteiger partial charge in [-0.1, -0.05) is 0 Å². The van der Waals surface area contributed by atoms with Crippen molar-refractivity contribution >= 4 is 23.5 Å². The molecule has 2 rings (SSSR count). The summed E-state index contributed by atoms with van der Waals surface area (Å²) in [6, 6.07) is 0. The number of hydrogen-bond acceptors (Lipinski definition) is 5. The molecule has 0 aromatic rings. The van der Waals surface area contributed by atoms with Gasteiger partial charge in [0.05, 0.1) is 12.5 Å². The molecule has 1 N–H and O–H groups in total. The first kappa shape index (κ1) is 14.5. The first-order chi connectivity index (χ1) is 9.61. The second kappa shape index (κ2) is 6.49. The number of rotatable bonds is 3. The monoisotopic (exact) mass is 281 g/mol. The van der Waals surface area contributed by atoms with E-state index in [0.717, 1.165) is 12.8 Å². The molecule has 2 aliphatic heterocycles. The molecule has 0 aromatic heterocycles. The normalized spacial score (nSPS) is 22.9. The number of hydrazone groups is 1. The molecule has 0 spiro atoms. The van der Waals surface area contributed by atoms with Gasteiger partial charge < -0.3 is 9.64 Å². The fourth-order valence-electron chi connectivity index (χ4n) is 2.42. The Morgan fingerprint density at radius 1 is 1.45 bits per heavy atom. The maximum absolute atomic E-state index is 12.3. The van der Waals surface area contributed by atoms with E-state index in [1.54, 1.807) is 11.8 Å². The molecule has 1 fully saturated rings. The highest BCUT2D eigenvalue weighted by molar-refractivity contribution is 6.39. The molecular formula is C13H19N3O4. The molecule has 7 heteroatoms. The molecule has 0 bridgehead atoms. The van der Waals surface area contributed by atoms with Crippen LogP contribution < -0.4 is 5.43 Å². The highest BCUT2D eigenvalue weighted by Gasteiger charge is 2.31. The first-order valence-electron chi connectivity index (χ1n) is 6.93. The number of carbonyl (C=O) groups is 3. The lowest BCUT2D eigenvalue weighted by molar-refractivity contribution is -0.150. The summed E-state index contributed by atoms with van der Waals surface area (Å²) < 4.78 is 5.00. The summed E-state index contributed by atoms with van der Waals surface area (Å²) in [6.45, 7) is 3.09. The lowest BCUT2D eigenvalue weighted by Gasteiger charge is -2.32. The lowest BCUT2D eigenvalue weighted by Crippen LogP contribution is -2.46. The van der Waals surface area contributed by atoms with Gasteiger partial charge in [0.2, 0.25) is 5.91 Å². The lowest BCUT2D eigenvalue weighted by atomic mass is 9.97. The van der Waals surface area contributed by atoms with Crippen molar-refractivity contribution < 1.29 is 19.1 Å². The van der Waals surface area contributed by atoms with Crippen LogP contribution in [0.5, 0.6) is 0 Å². The minimum atomic E-state index is -0.258. The van der Waals surface area contributed by atoms with Crippen molar-refractivity contribution in [3.63, 3.8) is 0 Å². The van der Waals surface area contributed by atoms with Gasteiger partial charge in [-0.2, -0.15) is 5.10 Å². The average molecular weight is 281 g/mol. The van der Waals surface area contributed by atoms with Crippen molar-refractivity contribution in [3.05, 3.63) is 0 Å². The minimum absolute atomic E-state index is 0.176. The van der Waals surface area contributed by atoms with E-state index in [2.05, 4.69) is 10.5 Å². The predicted molar refractivity (Wildman–Crippen MR) is 70.7 cm³/mol. The molecule has 20 heavy (non-hydrogen) atoms. The van der Waals surface area contributed by atoms with E-state index in [4.69, 9.17) is 4.74 Å². The summed E-state index contributed by atoms with van der Waals surface area (Å²) >= 11 is 0. The molecule has 0 aliphatic carbocycles. The quantitative estimate of drug-likeness (QED) is 0.741. The molecule has 110 valence electrons. The molecule has 1 saturated heterocycles. The second-order valence-corrected chi connectivity index (χ2v) is 4.94. The van der Waals surface area contributed by atoms with E-state index in [9.17, 15) is 14.4 Å². The third-order valence-electron chi connectivity index (χ3n) is 3.48. The number of piperidine rings is 1. The van der Waals surface area contributed by atoms with Gasteiger partial charge in [0.25, 0.3) is 5.91 Å². The smallest absolute Gasteiger partial charge is 0.310 e. The maximum atomic E-state index is 12.3. The van der Waals surface area contributed by atoms with Crippen molar-refractivity contribution in [3.8, 4) is 0 Å². The average Bonchev–Trinajstić information content (AvgIpc) is 2.48. The van der Waals surface area contributed by atoms with Crippen LogP contribution in [0.4, 0.5) is 0 Å². The summed E-state index contributed by atoms with van der Waals surface area (Å²) in [5.74, 6) is -0.876. The van der Waals surface area contributed by atoms with Gasteiger partial charge in [-0.05, 0) is 19.8 Å². The van der Waals surface area contributed by atoms with Crippen LogP contribution in [0.15, 0.2) is 5.10 Å². The highest BCUT2D eigenvalue weighted by atomic mass is 16.5. The van der Waals surface area contributed by atoms with Crippen LogP contribution in [0.25, 0.3) is 0 Å². The maximum Gasteiger partial charge on any atom is 0.310 e. The molecule has 2 aliphatic rings.